The van der Waals surface area contributed by atoms with Crippen LogP contribution in [0.2, 0.25) is 0 Å². The number of nitrogens with one attached hydrogen (secondary N) is 1. The maximum atomic E-state index is 3.99. The highest BCUT2D eigenvalue weighted by atomic mass is 15.0. The third-order valence-electron chi connectivity index (χ3n) is 1.77. The molecule has 13 heavy (non-hydrogen) atoms. The number of nitrogens with zero attached hydrogens (tertiary/aromatic N) is 2. The number of aromatic nitrogens is 2. The smallest absolute Gasteiger partial charge is 0.0948 e. The van der Waals surface area contributed by atoms with Gasteiger partial charge in [-0.05, 0) is 18.5 Å². The molecule has 1 aromatic heterocycles. The molecule has 1 rings (SSSR count). The van der Waals surface area contributed by atoms with E-state index in [1.807, 2.05) is 17.1 Å². The van der Waals surface area contributed by atoms with E-state index in [-0.39, 0.29) is 0 Å². The second-order valence-electron chi connectivity index (χ2n) is 3.16. The summed E-state index contributed by atoms with van der Waals surface area (Å²) >= 11 is 0. The Morgan fingerprint density at radius 1 is 1.62 bits per heavy atom. The SMILES string of the molecule is C=C(CNCCC)Cn1ccnc1. The highest BCUT2D eigenvalue weighted by Gasteiger charge is 1.94. The zero-order chi connectivity index (χ0) is 9.52. The Morgan fingerprint density at radius 3 is 3.08 bits per heavy atom. The van der Waals surface area contributed by atoms with Crippen LogP contribution in [0, 0.1) is 0 Å². The maximum absolute atomic E-state index is 3.99. The molecule has 0 amide bonds. The largest absolute Gasteiger partial charge is 0.333 e. The summed E-state index contributed by atoms with van der Waals surface area (Å²) in [5.74, 6) is 0. The third-order valence-corrected chi connectivity index (χ3v) is 1.77. The van der Waals surface area contributed by atoms with Gasteiger partial charge >= 0.3 is 0 Å². The van der Waals surface area contributed by atoms with Gasteiger partial charge in [0.25, 0.3) is 0 Å². The molecule has 0 aliphatic rings. The summed E-state index contributed by atoms with van der Waals surface area (Å²) in [6, 6.07) is 0. The van der Waals surface area contributed by atoms with Crippen molar-refractivity contribution in [2.45, 2.75) is 19.9 Å². The minimum Gasteiger partial charge on any atom is -0.333 e. The first kappa shape index (κ1) is 9.99. The van der Waals surface area contributed by atoms with E-state index in [1.165, 1.54) is 12.0 Å². The van der Waals surface area contributed by atoms with Gasteiger partial charge in [-0.1, -0.05) is 13.5 Å². The second kappa shape index (κ2) is 5.54. The lowest BCUT2D eigenvalue weighted by Crippen LogP contribution is -2.19. The van der Waals surface area contributed by atoms with Crippen LogP contribution >= 0.6 is 0 Å². The summed E-state index contributed by atoms with van der Waals surface area (Å²) in [7, 11) is 0. The summed E-state index contributed by atoms with van der Waals surface area (Å²) < 4.78 is 2.02. The van der Waals surface area contributed by atoms with Crippen LogP contribution in [0.25, 0.3) is 0 Å². The first-order chi connectivity index (χ1) is 6.33. The summed E-state index contributed by atoms with van der Waals surface area (Å²) in [5.41, 5.74) is 1.19. The maximum Gasteiger partial charge on any atom is 0.0948 e. The zero-order valence-electron chi connectivity index (χ0n) is 8.16. The van der Waals surface area contributed by atoms with E-state index >= 15 is 0 Å². The molecule has 0 radical (unpaired) electrons. The average Bonchev–Trinajstić information content (AvgIpc) is 2.57. The molecule has 0 bridgehead atoms. The summed E-state index contributed by atoms with van der Waals surface area (Å²) in [5, 5.41) is 3.31. The van der Waals surface area contributed by atoms with Crippen molar-refractivity contribution in [2.75, 3.05) is 13.1 Å². The van der Waals surface area contributed by atoms with E-state index in [1.54, 1.807) is 6.20 Å². The standard InChI is InChI=1S/C10H17N3/c1-3-4-11-7-10(2)8-13-6-5-12-9-13/h5-6,9,11H,2-4,7-8H2,1H3. The monoisotopic (exact) mass is 179 g/mol. The Morgan fingerprint density at radius 2 is 2.46 bits per heavy atom. The molecule has 0 saturated heterocycles. The number of hydrogen-bond acceptors (Lipinski definition) is 2. The van der Waals surface area contributed by atoms with Gasteiger partial charge in [0.15, 0.2) is 0 Å². The highest BCUT2D eigenvalue weighted by molar-refractivity contribution is 4.97. The van der Waals surface area contributed by atoms with E-state index < -0.39 is 0 Å². The minimum absolute atomic E-state index is 0.858. The topological polar surface area (TPSA) is 29.9 Å². The van der Waals surface area contributed by atoms with Crippen LogP contribution in [-0.2, 0) is 6.54 Å². The van der Waals surface area contributed by atoms with Crippen molar-refractivity contribution in [1.82, 2.24) is 14.9 Å². The molecule has 0 atom stereocenters. The van der Waals surface area contributed by atoms with E-state index in [9.17, 15) is 0 Å². The van der Waals surface area contributed by atoms with Gasteiger partial charge in [-0.3, -0.25) is 0 Å². The number of rotatable bonds is 6. The molecule has 0 saturated carbocycles. The Hall–Kier alpha value is -1.09. The van der Waals surface area contributed by atoms with Crippen LogP contribution in [0.1, 0.15) is 13.3 Å². The molecule has 0 aromatic carbocycles. The van der Waals surface area contributed by atoms with Gasteiger partial charge in [0.1, 0.15) is 0 Å². The van der Waals surface area contributed by atoms with Crippen molar-refractivity contribution in [3.8, 4) is 0 Å². The van der Waals surface area contributed by atoms with Crippen molar-refractivity contribution < 1.29 is 0 Å². The summed E-state index contributed by atoms with van der Waals surface area (Å²) in [6.07, 6.45) is 6.71. The second-order valence-corrected chi connectivity index (χ2v) is 3.16. The van der Waals surface area contributed by atoms with Crippen LogP contribution in [0.4, 0.5) is 0 Å². The predicted octanol–water partition coefficient (Wildman–Crippen LogP) is 1.44. The van der Waals surface area contributed by atoms with Crippen molar-refractivity contribution in [3.63, 3.8) is 0 Å². The van der Waals surface area contributed by atoms with Gasteiger partial charge in [-0.25, -0.2) is 4.98 Å². The fourth-order valence-electron chi connectivity index (χ4n) is 1.14. The Labute approximate surface area is 79.5 Å². The van der Waals surface area contributed by atoms with Crippen LogP contribution < -0.4 is 5.32 Å². The average molecular weight is 179 g/mol. The quantitative estimate of drug-likeness (QED) is 0.529. The molecular weight excluding hydrogens is 162 g/mol. The molecule has 0 aliphatic heterocycles. The lowest BCUT2D eigenvalue weighted by molar-refractivity contribution is 0.674. The van der Waals surface area contributed by atoms with Crippen molar-refractivity contribution in [3.05, 3.63) is 30.9 Å². The molecule has 3 nitrogen and oxygen atoms in total. The lowest BCUT2D eigenvalue weighted by atomic mass is 10.3. The minimum atomic E-state index is 0.858. The number of hydrogen-bond donors (Lipinski definition) is 1. The molecule has 1 aromatic rings. The van der Waals surface area contributed by atoms with Crippen molar-refractivity contribution in [2.24, 2.45) is 0 Å². The Balaban J connectivity index is 2.18. The molecule has 0 aliphatic carbocycles. The molecule has 1 heterocycles. The lowest BCUT2D eigenvalue weighted by Gasteiger charge is -2.07. The zero-order valence-corrected chi connectivity index (χ0v) is 8.16. The van der Waals surface area contributed by atoms with E-state index in [2.05, 4.69) is 23.8 Å². The van der Waals surface area contributed by atoms with E-state index in [0.717, 1.165) is 19.6 Å². The van der Waals surface area contributed by atoms with Crippen LogP contribution in [0.5, 0.6) is 0 Å². The van der Waals surface area contributed by atoms with Crippen molar-refractivity contribution in [1.29, 1.82) is 0 Å². The fourth-order valence-corrected chi connectivity index (χ4v) is 1.14. The molecule has 1 N–H and O–H groups in total. The van der Waals surface area contributed by atoms with Gasteiger partial charge in [0, 0.05) is 25.5 Å². The first-order valence-corrected chi connectivity index (χ1v) is 4.66. The van der Waals surface area contributed by atoms with Gasteiger partial charge in [-0.15, -0.1) is 0 Å². The summed E-state index contributed by atoms with van der Waals surface area (Å²) in [4.78, 5) is 3.97. The molecule has 72 valence electrons. The predicted molar refractivity (Wildman–Crippen MR) is 54.5 cm³/mol. The van der Waals surface area contributed by atoms with Crippen molar-refractivity contribution >= 4 is 0 Å². The summed E-state index contributed by atoms with van der Waals surface area (Å²) in [6.45, 7) is 8.96. The molecule has 3 heteroatoms. The molecular formula is C10H17N3. The van der Waals surface area contributed by atoms with Crippen LogP contribution in [-0.4, -0.2) is 22.6 Å². The van der Waals surface area contributed by atoms with Gasteiger partial charge in [0.05, 0.1) is 6.33 Å². The van der Waals surface area contributed by atoms with Gasteiger partial charge < -0.3 is 9.88 Å². The van der Waals surface area contributed by atoms with E-state index in [0.29, 0.717) is 0 Å². The fraction of sp³-hybridized carbons (Fsp3) is 0.500. The third kappa shape index (κ3) is 3.90. The van der Waals surface area contributed by atoms with E-state index in [4.69, 9.17) is 0 Å². The molecule has 0 spiro atoms. The van der Waals surface area contributed by atoms with Crippen LogP contribution in [0.15, 0.2) is 30.9 Å². The first-order valence-electron chi connectivity index (χ1n) is 4.66. The normalized spacial score (nSPS) is 10.2. The Kier molecular flexibility index (Phi) is 4.26. The molecule has 0 unspecified atom stereocenters. The van der Waals surface area contributed by atoms with Crippen LogP contribution in [0.3, 0.4) is 0 Å². The Bertz CT molecular complexity index is 239. The molecule has 0 fully saturated rings. The number of imidazole rings is 1. The van der Waals surface area contributed by atoms with Gasteiger partial charge in [-0.2, -0.15) is 0 Å². The van der Waals surface area contributed by atoms with Gasteiger partial charge in [0.2, 0.25) is 0 Å². The highest BCUT2D eigenvalue weighted by Crippen LogP contribution is 1.95.